The van der Waals surface area contributed by atoms with Crippen molar-refractivity contribution in [1.29, 1.82) is 5.26 Å². The Morgan fingerprint density at radius 2 is 1.71 bits per heavy atom. The van der Waals surface area contributed by atoms with E-state index in [1.165, 1.54) is 11.8 Å². The lowest BCUT2D eigenvalue weighted by molar-refractivity contribution is -0.115. The Bertz CT molecular complexity index is 1360. The predicted molar refractivity (Wildman–Crippen MR) is 142 cm³/mol. The Kier molecular flexibility index (Phi) is 7.81. The van der Waals surface area contributed by atoms with Gasteiger partial charge >= 0.3 is 0 Å². The van der Waals surface area contributed by atoms with E-state index in [4.69, 9.17) is 9.72 Å². The van der Waals surface area contributed by atoms with Gasteiger partial charge in [-0.05, 0) is 30.7 Å². The number of methoxy groups -OCH3 is 1. The highest BCUT2D eigenvalue weighted by atomic mass is 32.2. The number of hydrogen-bond donors (Lipinski definition) is 1. The van der Waals surface area contributed by atoms with Crippen LogP contribution in [0.3, 0.4) is 0 Å². The highest BCUT2D eigenvalue weighted by Gasteiger charge is 2.16. The molecule has 0 aliphatic rings. The Hall–Kier alpha value is -4.08. The van der Waals surface area contributed by atoms with Gasteiger partial charge in [-0.15, -0.1) is 11.8 Å². The first-order valence-corrected chi connectivity index (χ1v) is 12.2. The van der Waals surface area contributed by atoms with Crippen molar-refractivity contribution in [3.63, 3.8) is 0 Å². The van der Waals surface area contributed by atoms with Crippen LogP contribution in [0.1, 0.15) is 17.5 Å². The molecule has 4 aromatic rings. The number of rotatable bonds is 8. The van der Waals surface area contributed by atoms with Gasteiger partial charge < -0.3 is 10.1 Å². The normalized spacial score (nSPS) is 10.4. The predicted octanol–water partition coefficient (Wildman–Crippen LogP) is 6.73. The highest BCUT2D eigenvalue weighted by molar-refractivity contribution is 7.99. The third kappa shape index (κ3) is 5.89. The number of nitrogens with zero attached hydrogens (tertiary/aromatic N) is 2. The number of ether oxygens (including phenoxy) is 1. The lowest BCUT2D eigenvalue weighted by Crippen LogP contribution is -2.13. The summed E-state index contributed by atoms with van der Waals surface area (Å²) in [4.78, 5) is 17.4. The lowest BCUT2D eigenvalue weighted by Gasteiger charge is -2.13. The summed E-state index contributed by atoms with van der Waals surface area (Å²) >= 11 is 1.42. The van der Waals surface area contributed by atoms with E-state index in [-0.39, 0.29) is 12.3 Å². The number of pyridine rings is 1. The Balaban J connectivity index is 1.59. The van der Waals surface area contributed by atoms with Crippen LogP contribution in [0.25, 0.3) is 22.4 Å². The van der Waals surface area contributed by atoms with Crippen LogP contribution in [0.4, 0.5) is 5.69 Å². The van der Waals surface area contributed by atoms with Crippen LogP contribution >= 0.6 is 11.8 Å². The number of benzene rings is 3. The van der Waals surface area contributed by atoms with Crippen LogP contribution in [-0.4, -0.2) is 23.8 Å². The molecule has 5 nitrogen and oxygen atoms in total. The molecule has 0 atom stereocenters. The fraction of sp³-hybridized carbons (Fsp3) is 0.138. The van der Waals surface area contributed by atoms with E-state index in [1.807, 2.05) is 79.7 Å². The van der Waals surface area contributed by atoms with Gasteiger partial charge in [-0.1, -0.05) is 72.3 Å². The molecule has 0 saturated heterocycles. The topological polar surface area (TPSA) is 75.0 Å². The van der Waals surface area contributed by atoms with Gasteiger partial charge in [0.05, 0.1) is 24.1 Å². The number of carbonyl (C=O) groups excluding carboxylic acids is 1. The number of para-hydroxylation sites is 2. The average molecular weight is 480 g/mol. The zero-order valence-electron chi connectivity index (χ0n) is 19.6. The van der Waals surface area contributed by atoms with Gasteiger partial charge in [-0.2, -0.15) is 5.26 Å². The Morgan fingerprint density at radius 1 is 1.00 bits per heavy atom. The molecule has 35 heavy (non-hydrogen) atoms. The molecular formula is C29H25N3O2S. The molecule has 1 amide bonds. The van der Waals surface area contributed by atoms with Crippen molar-refractivity contribution in [1.82, 2.24) is 4.98 Å². The van der Waals surface area contributed by atoms with Gasteiger partial charge in [0.2, 0.25) is 5.91 Å². The fourth-order valence-electron chi connectivity index (χ4n) is 3.65. The second kappa shape index (κ2) is 11.4. The fourth-order valence-corrected chi connectivity index (χ4v) is 4.60. The monoisotopic (exact) mass is 479 g/mol. The number of aryl methyl sites for hydroxylation is 1. The van der Waals surface area contributed by atoms with Crippen LogP contribution in [0, 0.1) is 18.3 Å². The first-order valence-electron chi connectivity index (χ1n) is 11.2. The van der Waals surface area contributed by atoms with Crippen LogP contribution in [0.5, 0.6) is 5.75 Å². The van der Waals surface area contributed by atoms with E-state index in [9.17, 15) is 10.1 Å². The molecule has 1 heterocycles. The molecule has 0 aliphatic heterocycles. The Morgan fingerprint density at radius 3 is 2.43 bits per heavy atom. The summed E-state index contributed by atoms with van der Waals surface area (Å²) in [5.74, 6) is 0.965. The highest BCUT2D eigenvalue weighted by Crippen LogP contribution is 2.34. The first kappa shape index (κ1) is 24.1. The van der Waals surface area contributed by atoms with E-state index in [2.05, 4.69) is 11.4 Å². The van der Waals surface area contributed by atoms with Crippen molar-refractivity contribution in [3.05, 3.63) is 96.1 Å². The van der Waals surface area contributed by atoms with Gasteiger partial charge in [0.15, 0.2) is 0 Å². The van der Waals surface area contributed by atoms with Crippen LogP contribution in [0.15, 0.2) is 90.0 Å². The first-order chi connectivity index (χ1) is 17.1. The molecule has 4 rings (SSSR count). The zero-order chi connectivity index (χ0) is 24.6. The van der Waals surface area contributed by atoms with Gasteiger partial charge in [0, 0.05) is 23.3 Å². The van der Waals surface area contributed by atoms with E-state index < -0.39 is 0 Å². The van der Waals surface area contributed by atoms with Crippen LogP contribution < -0.4 is 10.1 Å². The number of aromatic nitrogens is 1. The van der Waals surface area contributed by atoms with Crippen molar-refractivity contribution in [2.45, 2.75) is 18.4 Å². The molecule has 0 aliphatic carbocycles. The molecule has 1 N–H and O–H groups in total. The Labute approximate surface area is 209 Å². The minimum Gasteiger partial charge on any atom is -0.495 e. The van der Waals surface area contributed by atoms with Gasteiger partial charge in [0.1, 0.15) is 16.8 Å². The maximum Gasteiger partial charge on any atom is 0.225 e. The van der Waals surface area contributed by atoms with Crippen molar-refractivity contribution in [2.24, 2.45) is 0 Å². The third-order valence-electron chi connectivity index (χ3n) is 5.48. The molecular weight excluding hydrogens is 454 g/mol. The summed E-state index contributed by atoms with van der Waals surface area (Å²) in [6.07, 6.45) is 0.269. The lowest BCUT2D eigenvalue weighted by atomic mass is 9.98. The minimum absolute atomic E-state index is 0.126. The molecule has 6 heteroatoms. The summed E-state index contributed by atoms with van der Waals surface area (Å²) in [6.45, 7) is 2.04. The molecule has 1 aromatic heterocycles. The van der Waals surface area contributed by atoms with Gasteiger partial charge in [-0.25, -0.2) is 4.98 Å². The quantitative estimate of drug-likeness (QED) is 0.284. The maximum absolute atomic E-state index is 12.6. The molecule has 0 bridgehead atoms. The SMILES string of the molecule is COc1ccccc1NC(=O)CCSc1nc(-c2ccccc2)cc(-c2ccc(C)cc2)c1C#N. The molecule has 0 spiro atoms. The molecule has 0 saturated carbocycles. The smallest absolute Gasteiger partial charge is 0.225 e. The summed E-state index contributed by atoms with van der Waals surface area (Å²) in [5, 5.41) is 13.6. The number of anilines is 1. The standard InChI is InChI=1S/C29H25N3O2S/c1-20-12-14-21(15-13-20)23-18-26(22-8-4-3-5-9-22)32-29(24(23)19-30)35-17-16-28(33)31-25-10-6-7-11-27(25)34-2/h3-15,18H,16-17H2,1-2H3,(H,31,33). The van der Waals surface area contributed by atoms with Crippen LogP contribution in [0.2, 0.25) is 0 Å². The summed E-state index contributed by atoms with van der Waals surface area (Å²) in [6, 6.07) is 29.6. The number of nitrogens with one attached hydrogen (secondary N) is 1. The molecule has 3 aromatic carbocycles. The van der Waals surface area contributed by atoms with Gasteiger partial charge in [-0.3, -0.25) is 4.79 Å². The largest absolute Gasteiger partial charge is 0.495 e. The maximum atomic E-state index is 12.6. The van der Waals surface area contributed by atoms with Crippen molar-refractivity contribution >= 4 is 23.4 Å². The van der Waals surface area contributed by atoms with Crippen LogP contribution in [-0.2, 0) is 4.79 Å². The van der Waals surface area contributed by atoms with E-state index >= 15 is 0 Å². The second-order valence-corrected chi connectivity index (χ2v) is 9.01. The van der Waals surface area contributed by atoms with Crippen molar-refractivity contribution in [2.75, 3.05) is 18.2 Å². The minimum atomic E-state index is -0.126. The summed E-state index contributed by atoms with van der Waals surface area (Å²) in [7, 11) is 1.57. The van der Waals surface area contributed by atoms with Gasteiger partial charge in [0.25, 0.3) is 0 Å². The van der Waals surface area contributed by atoms with Crippen molar-refractivity contribution < 1.29 is 9.53 Å². The molecule has 0 radical (unpaired) electrons. The number of thioether (sulfide) groups is 1. The number of carbonyl (C=O) groups is 1. The number of amides is 1. The summed E-state index contributed by atoms with van der Waals surface area (Å²) < 4.78 is 5.30. The summed E-state index contributed by atoms with van der Waals surface area (Å²) in [5.41, 5.74) is 5.87. The molecule has 0 unspecified atom stereocenters. The van der Waals surface area contributed by atoms with Crippen molar-refractivity contribution in [3.8, 4) is 34.2 Å². The van der Waals surface area contributed by atoms with E-state index in [0.29, 0.717) is 27.8 Å². The third-order valence-corrected chi connectivity index (χ3v) is 6.46. The second-order valence-electron chi connectivity index (χ2n) is 7.93. The zero-order valence-corrected chi connectivity index (χ0v) is 20.4. The van der Waals surface area contributed by atoms with E-state index in [1.54, 1.807) is 19.2 Å². The molecule has 0 fully saturated rings. The van der Waals surface area contributed by atoms with E-state index in [0.717, 1.165) is 27.9 Å². The number of nitriles is 1. The molecule has 174 valence electrons. The average Bonchev–Trinajstić information content (AvgIpc) is 2.89. The number of hydrogen-bond acceptors (Lipinski definition) is 5.